The predicted molar refractivity (Wildman–Crippen MR) is 78.5 cm³/mol. The lowest BCUT2D eigenvalue weighted by Gasteiger charge is -2.20. The van der Waals surface area contributed by atoms with E-state index in [-0.39, 0.29) is 5.75 Å². The van der Waals surface area contributed by atoms with E-state index in [1.54, 1.807) is 24.3 Å². The fourth-order valence-corrected chi connectivity index (χ4v) is 2.54. The van der Waals surface area contributed by atoms with Crippen molar-refractivity contribution in [1.29, 1.82) is 0 Å². The highest BCUT2D eigenvalue weighted by molar-refractivity contribution is 7.90. The summed E-state index contributed by atoms with van der Waals surface area (Å²) in [6.07, 6.45) is 0.933. The highest BCUT2D eigenvalue weighted by atomic mass is 32.2. The minimum absolute atomic E-state index is 0.0753. The van der Waals surface area contributed by atoms with Crippen molar-refractivity contribution in [3.63, 3.8) is 0 Å². The number of alkyl halides is 1. The van der Waals surface area contributed by atoms with Crippen LogP contribution in [0.15, 0.2) is 29.4 Å². The number of ether oxygens (including phenoxy) is 1. The Bertz CT molecular complexity index is 598. The van der Waals surface area contributed by atoms with Crippen molar-refractivity contribution in [3.05, 3.63) is 45.8 Å². The van der Waals surface area contributed by atoms with Gasteiger partial charge in [0.1, 0.15) is 16.5 Å². The molecule has 1 aromatic carbocycles. The number of hydrogen-bond acceptors (Lipinski definition) is 4. The van der Waals surface area contributed by atoms with Crippen LogP contribution in [0.1, 0.15) is 17.2 Å². The standard InChI is InChI=1S/C13H18FN3O3S/c1-20-13(12(9-14)16-17-15)11-5-3-10(4-6-11)7-8-21(2,18)19/h3-6,12-13H,7-9H2,1-2H3/t12-,13-/m1/s1. The monoisotopic (exact) mass is 315 g/mol. The van der Waals surface area contributed by atoms with Gasteiger partial charge in [-0.3, -0.25) is 4.39 Å². The van der Waals surface area contributed by atoms with Crippen LogP contribution in [0.4, 0.5) is 4.39 Å². The highest BCUT2D eigenvalue weighted by Crippen LogP contribution is 2.24. The summed E-state index contributed by atoms with van der Waals surface area (Å²) >= 11 is 0. The molecule has 0 heterocycles. The van der Waals surface area contributed by atoms with Crippen LogP contribution in [-0.2, 0) is 21.0 Å². The van der Waals surface area contributed by atoms with Crippen LogP contribution in [0.25, 0.3) is 10.4 Å². The summed E-state index contributed by atoms with van der Waals surface area (Å²) in [7, 11) is -1.59. The maximum atomic E-state index is 12.9. The maximum Gasteiger partial charge on any atom is 0.147 e. The van der Waals surface area contributed by atoms with E-state index in [1.165, 1.54) is 13.4 Å². The third kappa shape index (κ3) is 5.71. The Morgan fingerprint density at radius 3 is 2.43 bits per heavy atom. The van der Waals surface area contributed by atoms with Crippen molar-refractivity contribution in [2.45, 2.75) is 18.6 Å². The fraction of sp³-hybridized carbons (Fsp3) is 0.538. The van der Waals surface area contributed by atoms with Crippen molar-refractivity contribution in [2.75, 3.05) is 25.8 Å². The SMILES string of the molecule is CO[C@H](c1ccc(CCS(C)(=O)=O)cc1)[C@@H](CF)N=[N+]=[N-]. The van der Waals surface area contributed by atoms with E-state index in [1.807, 2.05) is 0 Å². The Hall–Kier alpha value is -1.63. The van der Waals surface area contributed by atoms with E-state index in [0.29, 0.717) is 12.0 Å². The third-order valence-electron chi connectivity index (χ3n) is 3.03. The Balaban J connectivity index is 2.86. The molecule has 0 saturated heterocycles. The molecular weight excluding hydrogens is 297 g/mol. The number of rotatable bonds is 8. The Morgan fingerprint density at radius 1 is 1.38 bits per heavy atom. The largest absolute Gasteiger partial charge is 0.376 e. The molecule has 0 aliphatic heterocycles. The van der Waals surface area contributed by atoms with Gasteiger partial charge in [0.25, 0.3) is 0 Å². The van der Waals surface area contributed by atoms with Gasteiger partial charge in [-0.25, -0.2) is 8.42 Å². The van der Waals surface area contributed by atoms with Gasteiger partial charge in [-0.1, -0.05) is 29.4 Å². The third-order valence-corrected chi connectivity index (χ3v) is 3.98. The lowest BCUT2D eigenvalue weighted by molar-refractivity contribution is 0.0722. The van der Waals surface area contributed by atoms with Crippen LogP contribution in [0.3, 0.4) is 0 Å². The normalized spacial score (nSPS) is 14.2. The highest BCUT2D eigenvalue weighted by Gasteiger charge is 2.22. The number of aryl methyl sites for hydroxylation is 1. The zero-order valence-corrected chi connectivity index (χ0v) is 12.8. The van der Waals surface area contributed by atoms with Gasteiger partial charge in [-0.2, -0.15) is 0 Å². The fourth-order valence-electron chi connectivity index (χ4n) is 1.93. The maximum absolute atomic E-state index is 12.9. The van der Waals surface area contributed by atoms with Crippen LogP contribution >= 0.6 is 0 Å². The van der Waals surface area contributed by atoms with E-state index >= 15 is 0 Å². The molecule has 0 radical (unpaired) electrons. The second kappa shape index (κ2) is 7.97. The van der Waals surface area contributed by atoms with E-state index < -0.39 is 28.7 Å². The summed E-state index contributed by atoms with van der Waals surface area (Å²) in [6, 6.07) is 6.04. The topological polar surface area (TPSA) is 92.1 Å². The summed E-state index contributed by atoms with van der Waals surface area (Å²) in [5.74, 6) is 0.0753. The average Bonchev–Trinajstić information content (AvgIpc) is 2.45. The van der Waals surface area contributed by atoms with Gasteiger partial charge >= 0.3 is 0 Å². The molecule has 21 heavy (non-hydrogen) atoms. The lowest BCUT2D eigenvalue weighted by Crippen LogP contribution is -2.20. The molecule has 0 saturated carbocycles. The van der Waals surface area contributed by atoms with Gasteiger partial charge in [-0.05, 0) is 23.1 Å². The van der Waals surface area contributed by atoms with Crippen molar-refractivity contribution in [1.82, 2.24) is 0 Å². The van der Waals surface area contributed by atoms with Gasteiger partial charge in [0, 0.05) is 18.3 Å². The zero-order chi connectivity index (χ0) is 15.9. The summed E-state index contributed by atoms with van der Waals surface area (Å²) in [6.45, 7) is -0.821. The summed E-state index contributed by atoms with van der Waals surface area (Å²) in [5.41, 5.74) is 9.97. The Morgan fingerprint density at radius 2 is 2.00 bits per heavy atom. The number of sulfone groups is 1. The van der Waals surface area contributed by atoms with Gasteiger partial charge in [-0.15, -0.1) is 0 Å². The molecule has 6 nitrogen and oxygen atoms in total. The number of methoxy groups -OCH3 is 1. The molecular formula is C13H18FN3O3S. The molecule has 2 atom stereocenters. The first kappa shape index (κ1) is 17.4. The molecule has 0 bridgehead atoms. The van der Waals surface area contributed by atoms with Crippen molar-refractivity contribution >= 4 is 9.84 Å². The van der Waals surface area contributed by atoms with Gasteiger partial charge in [0.15, 0.2) is 0 Å². The number of halogens is 1. The van der Waals surface area contributed by atoms with Crippen LogP contribution in [0.5, 0.6) is 0 Å². The molecule has 0 aliphatic carbocycles. The second-order valence-electron chi connectivity index (χ2n) is 4.70. The minimum Gasteiger partial charge on any atom is -0.376 e. The van der Waals surface area contributed by atoms with Crippen LogP contribution in [0, 0.1) is 0 Å². The predicted octanol–water partition coefficient (Wildman–Crippen LogP) is 2.61. The quantitative estimate of drug-likeness (QED) is 0.419. The molecule has 0 fully saturated rings. The summed E-state index contributed by atoms with van der Waals surface area (Å²) < 4.78 is 40.3. The van der Waals surface area contributed by atoms with E-state index in [9.17, 15) is 12.8 Å². The number of nitrogens with zero attached hydrogens (tertiary/aromatic N) is 3. The van der Waals surface area contributed by atoms with Crippen molar-refractivity contribution < 1.29 is 17.5 Å². The van der Waals surface area contributed by atoms with E-state index in [0.717, 1.165) is 5.56 Å². The smallest absolute Gasteiger partial charge is 0.147 e. The first-order chi connectivity index (χ1) is 9.91. The number of hydrogen-bond donors (Lipinski definition) is 0. The molecule has 0 amide bonds. The number of azide groups is 1. The number of benzene rings is 1. The minimum atomic E-state index is -3.01. The van der Waals surface area contributed by atoms with Crippen molar-refractivity contribution in [2.24, 2.45) is 5.11 Å². The molecule has 1 rings (SSSR count). The molecule has 0 N–H and O–H groups in total. The molecule has 0 unspecified atom stereocenters. The van der Waals surface area contributed by atoms with E-state index in [2.05, 4.69) is 10.0 Å². The van der Waals surface area contributed by atoms with Gasteiger partial charge in [0.05, 0.1) is 17.9 Å². The molecule has 1 aromatic rings. The molecule has 8 heteroatoms. The van der Waals surface area contributed by atoms with Crippen LogP contribution < -0.4 is 0 Å². The first-order valence-corrected chi connectivity index (χ1v) is 8.37. The molecule has 0 spiro atoms. The first-order valence-electron chi connectivity index (χ1n) is 6.30. The summed E-state index contributed by atoms with van der Waals surface area (Å²) in [5, 5.41) is 3.38. The van der Waals surface area contributed by atoms with Crippen molar-refractivity contribution in [3.8, 4) is 0 Å². The van der Waals surface area contributed by atoms with Crippen LogP contribution in [0.2, 0.25) is 0 Å². The zero-order valence-electron chi connectivity index (χ0n) is 11.9. The molecule has 0 aromatic heterocycles. The second-order valence-corrected chi connectivity index (χ2v) is 6.96. The molecule has 0 aliphatic rings. The average molecular weight is 315 g/mol. The molecule has 116 valence electrons. The Kier molecular flexibility index (Phi) is 6.61. The Labute approximate surface area is 123 Å². The lowest BCUT2D eigenvalue weighted by atomic mass is 10.0. The van der Waals surface area contributed by atoms with Gasteiger partial charge in [0.2, 0.25) is 0 Å². The summed E-state index contributed by atoms with van der Waals surface area (Å²) in [4.78, 5) is 2.61. The van der Waals surface area contributed by atoms with Crippen LogP contribution in [-0.4, -0.2) is 40.3 Å². The van der Waals surface area contributed by atoms with Gasteiger partial charge < -0.3 is 4.74 Å². The van der Waals surface area contributed by atoms with E-state index in [4.69, 9.17) is 10.3 Å².